The lowest BCUT2D eigenvalue weighted by Gasteiger charge is -2.13. The summed E-state index contributed by atoms with van der Waals surface area (Å²) in [7, 11) is -3.77. The first-order valence-corrected chi connectivity index (χ1v) is 13.2. The Morgan fingerprint density at radius 1 is 1.28 bits per heavy atom. The summed E-state index contributed by atoms with van der Waals surface area (Å²) in [6.45, 7) is 7.57. The second-order valence-corrected chi connectivity index (χ2v) is 10.7. The molecule has 0 unspecified atom stereocenters. The largest absolute Gasteiger partial charge is 0.465 e. The average Bonchev–Trinajstić information content (AvgIpc) is 3.10. The second kappa shape index (κ2) is 10.7. The van der Waals surface area contributed by atoms with Crippen LogP contribution in [-0.2, 0) is 10.0 Å². The van der Waals surface area contributed by atoms with E-state index in [-0.39, 0.29) is 40.5 Å². The molecule has 2 aromatic heterocycles. The summed E-state index contributed by atoms with van der Waals surface area (Å²) >= 11 is 6.22. The van der Waals surface area contributed by atoms with Crippen LogP contribution in [0.5, 0.6) is 0 Å². The van der Waals surface area contributed by atoms with Gasteiger partial charge < -0.3 is 15.7 Å². The zero-order chi connectivity index (χ0) is 26.8. The van der Waals surface area contributed by atoms with Crippen molar-refractivity contribution >= 4 is 39.4 Å². The molecule has 0 fully saturated rings. The van der Waals surface area contributed by atoms with Gasteiger partial charge in [0.1, 0.15) is 5.69 Å². The first-order valence-electron chi connectivity index (χ1n) is 10.9. The molecule has 0 saturated carbocycles. The Labute approximate surface area is 213 Å². The van der Waals surface area contributed by atoms with Crippen LogP contribution in [0.3, 0.4) is 0 Å². The smallest absolute Gasteiger partial charge is 0.404 e. The Hall–Kier alpha value is -3.45. The summed E-state index contributed by atoms with van der Waals surface area (Å²) in [5.41, 5.74) is 1.57. The number of aromatic nitrogens is 4. The van der Waals surface area contributed by atoms with E-state index in [1.807, 2.05) is 20.8 Å². The van der Waals surface area contributed by atoms with Crippen LogP contribution in [0.25, 0.3) is 22.5 Å². The number of carboxylic acid groups (broad SMARTS) is 1. The maximum atomic E-state index is 15.6. The van der Waals surface area contributed by atoms with Gasteiger partial charge >= 0.3 is 6.09 Å². The Kier molecular flexibility index (Phi) is 8.04. The fourth-order valence-electron chi connectivity index (χ4n) is 3.64. The van der Waals surface area contributed by atoms with Crippen LogP contribution >= 0.6 is 11.6 Å². The standard InChI is InChI=1S/C22H27ClFN7O4S/c1-11(2)31-13(4)18(16-6-7-25-21(28-16)26-10-12(3)27-22(32)33)20(29-31)15-8-14(23)9-17(19(15)24)30-36(5,34)35/h6-9,11-12,27,30H,10H2,1-5H3,(H,32,33)(H,25,26,28)/t12-/m0/s1. The van der Waals surface area contributed by atoms with E-state index in [0.29, 0.717) is 17.0 Å². The Bertz CT molecular complexity index is 1400. The lowest BCUT2D eigenvalue weighted by molar-refractivity contribution is 0.191. The summed E-state index contributed by atoms with van der Waals surface area (Å²) in [5, 5.41) is 18.9. The molecule has 1 atom stereocenters. The van der Waals surface area contributed by atoms with Crippen molar-refractivity contribution in [1.82, 2.24) is 25.1 Å². The second-order valence-electron chi connectivity index (χ2n) is 8.53. The van der Waals surface area contributed by atoms with Gasteiger partial charge in [0.05, 0.1) is 17.6 Å². The van der Waals surface area contributed by atoms with Crippen LogP contribution < -0.4 is 15.4 Å². The Balaban J connectivity index is 2.13. The van der Waals surface area contributed by atoms with E-state index in [1.54, 1.807) is 17.7 Å². The number of halogens is 2. The van der Waals surface area contributed by atoms with Crippen molar-refractivity contribution in [1.29, 1.82) is 0 Å². The van der Waals surface area contributed by atoms with Crippen LogP contribution in [0.2, 0.25) is 5.02 Å². The molecule has 4 N–H and O–H groups in total. The number of amides is 1. The third kappa shape index (κ3) is 6.40. The lowest BCUT2D eigenvalue weighted by atomic mass is 10.0. The van der Waals surface area contributed by atoms with E-state index in [2.05, 4.69) is 30.4 Å². The highest BCUT2D eigenvalue weighted by atomic mass is 35.5. The number of nitrogens with zero attached hydrogens (tertiary/aromatic N) is 4. The molecule has 1 amide bonds. The van der Waals surface area contributed by atoms with Gasteiger partial charge in [-0.1, -0.05) is 11.6 Å². The number of carbonyl (C=O) groups is 1. The van der Waals surface area contributed by atoms with Crippen LogP contribution in [0.15, 0.2) is 24.4 Å². The molecule has 0 saturated heterocycles. The predicted octanol–water partition coefficient (Wildman–Crippen LogP) is 4.13. The number of hydrogen-bond acceptors (Lipinski definition) is 7. The van der Waals surface area contributed by atoms with E-state index >= 15 is 4.39 Å². The summed E-state index contributed by atoms with van der Waals surface area (Å²) in [5.74, 6) is -0.597. The van der Waals surface area contributed by atoms with Gasteiger partial charge in [-0.3, -0.25) is 9.40 Å². The molecule has 194 valence electrons. The first kappa shape index (κ1) is 27.1. The van der Waals surface area contributed by atoms with Gasteiger partial charge in [-0.15, -0.1) is 0 Å². The minimum atomic E-state index is -3.77. The SMILES string of the molecule is Cc1c(-c2ccnc(NC[C@H](C)NC(=O)O)n2)c(-c2cc(Cl)cc(NS(C)(=O)=O)c2F)nn1C(C)C. The van der Waals surface area contributed by atoms with Gasteiger partial charge in [-0.2, -0.15) is 5.10 Å². The molecular formula is C22H27ClFN7O4S. The average molecular weight is 540 g/mol. The molecule has 3 rings (SSSR count). The van der Waals surface area contributed by atoms with Gasteiger partial charge in [-0.25, -0.2) is 27.6 Å². The van der Waals surface area contributed by atoms with Crippen molar-refractivity contribution < 1.29 is 22.7 Å². The van der Waals surface area contributed by atoms with Crippen LogP contribution in [-0.4, -0.2) is 58.2 Å². The summed E-state index contributed by atoms with van der Waals surface area (Å²) < 4.78 is 42.9. The predicted molar refractivity (Wildman–Crippen MR) is 136 cm³/mol. The summed E-state index contributed by atoms with van der Waals surface area (Å²) in [4.78, 5) is 19.5. The number of sulfonamides is 1. The number of hydrogen-bond donors (Lipinski definition) is 4. The molecule has 11 nitrogen and oxygen atoms in total. The Morgan fingerprint density at radius 3 is 2.58 bits per heavy atom. The molecule has 0 aliphatic heterocycles. The summed E-state index contributed by atoms with van der Waals surface area (Å²) in [6, 6.07) is 3.72. The molecule has 0 radical (unpaired) electrons. The molecular weight excluding hydrogens is 513 g/mol. The lowest BCUT2D eigenvalue weighted by Crippen LogP contribution is -2.36. The maximum Gasteiger partial charge on any atom is 0.404 e. The topological polar surface area (TPSA) is 151 Å². The van der Waals surface area contributed by atoms with E-state index < -0.39 is 28.0 Å². The van der Waals surface area contributed by atoms with Crippen LogP contribution in [0.4, 0.5) is 20.8 Å². The molecule has 1 aromatic carbocycles. The molecule has 36 heavy (non-hydrogen) atoms. The van der Waals surface area contributed by atoms with Crippen molar-refractivity contribution in [2.45, 2.75) is 39.8 Å². The fourth-order valence-corrected chi connectivity index (χ4v) is 4.41. The minimum Gasteiger partial charge on any atom is -0.465 e. The molecule has 2 heterocycles. The number of nitrogens with one attached hydrogen (secondary N) is 3. The normalized spacial score (nSPS) is 12.4. The molecule has 0 aliphatic carbocycles. The van der Waals surface area contributed by atoms with Crippen molar-refractivity contribution in [3.05, 3.63) is 40.9 Å². The van der Waals surface area contributed by atoms with Crippen molar-refractivity contribution in [3.8, 4) is 22.5 Å². The molecule has 0 aliphatic rings. The molecule has 3 aromatic rings. The van der Waals surface area contributed by atoms with Crippen LogP contribution in [0, 0.1) is 12.7 Å². The highest BCUT2D eigenvalue weighted by Gasteiger charge is 2.25. The fraction of sp³-hybridized carbons (Fsp3) is 0.364. The quantitative estimate of drug-likeness (QED) is 0.317. The third-order valence-electron chi connectivity index (χ3n) is 5.07. The highest BCUT2D eigenvalue weighted by Crippen LogP contribution is 2.39. The molecule has 0 spiro atoms. The highest BCUT2D eigenvalue weighted by molar-refractivity contribution is 7.92. The number of anilines is 2. The summed E-state index contributed by atoms with van der Waals surface area (Å²) in [6.07, 6.45) is 1.28. The Morgan fingerprint density at radius 2 is 1.97 bits per heavy atom. The van der Waals surface area contributed by atoms with Gasteiger partial charge in [0, 0.05) is 46.7 Å². The van der Waals surface area contributed by atoms with Crippen LogP contribution in [0.1, 0.15) is 32.5 Å². The monoisotopic (exact) mass is 539 g/mol. The van der Waals surface area contributed by atoms with E-state index in [4.69, 9.17) is 16.7 Å². The molecule has 14 heteroatoms. The van der Waals surface area contributed by atoms with E-state index in [9.17, 15) is 13.2 Å². The molecule has 0 bridgehead atoms. The van der Waals surface area contributed by atoms with Gasteiger partial charge in [0.25, 0.3) is 0 Å². The number of benzene rings is 1. The minimum absolute atomic E-state index is 0.00134. The number of rotatable bonds is 9. The van der Waals surface area contributed by atoms with Crippen molar-refractivity contribution in [2.75, 3.05) is 22.8 Å². The van der Waals surface area contributed by atoms with E-state index in [0.717, 1.165) is 6.26 Å². The zero-order valence-electron chi connectivity index (χ0n) is 20.3. The third-order valence-corrected chi connectivity index (χ3v) is 5.88. The zero-order valence-corrected chi connectivity index (χ0v) is 21.9. The van der Waals surface area contributed by atoms with Crippen molar-refractivity contribution in [3.63, 3.8) is 0 Å². The van der Waals surface area contributed by atoms with Gasteiger partial charge in [0.2, 0.25) is 16.0 Å². The van der Waals surface area contributed by atoms with E-state index in [1.165, 1.54) is 18.3 Å². The first-order chi connectivity index (χ1) is 16.8. The maximum absolute atomic E-state index is 15.6. The van der Waals surface area contributed by atoms with Crippen molar-refractivity contribution in [2.24, 2.45) is 0 Å². The van der Waals surface area contributed by atoms with Gasteiger partial charge in [-0.05, 0) is 45.9 Å². The van der Waals surface area contributed by atoms with Gasteiger partial charge in [0.15, 0.2) is 5.82 Å².